The second-order valence-corrected chi connectivity index (χ2v) is 9.02. The molecular weight excluding hydrogens is 374 g/mol. The molecule has 150 valence electrons. The average Bonchev–Trinajstić information content (AvgIpc) is 2.69. The Bertz CT molecular complexity index is 934. The van der Waals surface area contributed by atoms with Crippen molar-refractivity contribution in [3.63, 3.8) is 0 Å². The van der Waals surface area contributed by atoms with Crippen LogP contribution in [0, 0.1) is 13.8 Å². The summed E-state index contributed by atoms with van der Waals surface area (Å²) in [6, 6.07) is 12.1. The van der Waals surface area contributed by atoms with Crippen molar-refractivity contribution in [2.45, 2.75) is 44.6 Å². The lowest BCUT2D eigenvalue weighted by Crippen LogP contribution is -2.45. The van der Waals surface area contributed by atoms with Crippen LogP contribution in [-0.4, -0.2) is 32.4 Å². The van der Waals surface area contributed by atoms with Crippen LogP contribution in [0.2, 0.25) is 0 Å². The molecule has 0 radical (unpaired) electrons. The van der Waals surface area contributed by atoms with Crippen LogP contribution in [0.4, 0.5) is 0 Å². The summed E-state index contributed by atoms with van der Waals surface area (Å²) >= 11 is 0. The second kappa shape index (κ2) is 8.86. The minimum Gasteiger partial charge on any atom is -0.285 e. The fraction of sp³-hybridized carbons (Fsp3) is 0.381. The number of hydrogen-bond donors (Lipinski definition) is 2. The lowest BCUT2D eigenvalue weighted by molar-refractivity contribution is 0.0750. The summed E-state index contributed by atoms with van der Waals surface area (Å²) in [6.45, 7) is 5.77. The van der Waals surface area contributed by atoms with E-state index in [2.05, 4.69) is 10.1 Å². The lowest BCUT2D eigenvalue weighted by atomic mass is 10.1. The third-order valence-electron chi connectivity index (χ3n) is 5.09. The molecule has 0 aromatic heterocycles. The first-order valence-corrected chi connectivity index (χ1v) is 11.1. The molecule has 6 nitrogen and oxygen atoms in total. The molecule has 0 spiro atoms. The normalized spacial score (nSPS) is 15.4. The van der Waals surface area contributed by atoms with Crippen LogP contribution in [0.15, 0.2) is 47.4 Å². The standard InChI is InChI=1S/C21H27N3O3S/c1-16-6-11-20(14-17(16)2)28(26,27)22-15-18-7-9-19(10-8-18)21(25)23-24-12-4-3-5-13-24/h6-11,14,22H,3-5,12-13,15H2,1-2H3,(H,23,25). The van der Waals surface area contributed by atoms with E-state index in [4.69, 9.17) is 0 Å². The maximum Gasteiger partial charge on any atom is 0.265 e. The molecule has 1 heterocycles. The van der Waals surface area contributed by atoms with E-state index in [0.29, 0.717) is 5.56 Å². The van der Waals surface area contributed by atoms with Crippen molar-refractivity contribution >= 4 is 15.9 Å². The largest absolute Gasteiger partial charge is 0.285 e. The topological polar surface area (TPSA) is 78.5 Å². The zero-order valence-electron chi connectivity index (χ0n) is 16.4. The van der Waals surface area contributed by atoms with E-state index < -0.39 is 10.0 Å². The van der Waals surface area contributed by atoms with E-state index in [-0.39, 0.29) is 17.3 Å². The van der Waals surface area contributed by atoms with Gasteiger partial charge in [0.2, 0.25) is 10.0 Å². The smallest absolute Gasteiger partial charge is 0.265 e. The quantitative estimate of drug-likeness (QED) is 0.780. The van der Waals surface area contributed by atoms with Gasteiger partial charge in [-0.15, -0.1) is 0 Å². The summed E-state index contributed by atoms with van der Waals surface area (Å²) in [5, 5.41) is 1.96. The lowest BCUT2D eigenvalue weighted by Gasteiger charge is -2.26. The van der Waals surface area contributed by atoms with Gasteiger partial charge >= 0.3 is 0 Å². The molecule has 3 rings (SSSR count). The molecule has 1 fully saturated rings. The third kappa shape index (κ3) is 5.19. The highest BCUT2D eigenvalue weighted by molar-refractivity contribution is 7.89. The first-order chi connectivity index (χ1) is 13.3. The molecule has 7 heteroatoms. The van der Waals surface area contributed by atoms with Gasteiger partial charge in [-0.25, -0.2) is 18.1 Å². The minimum absolute atomic E-state index is 0.135. The van der Waals surface area contributed by atoms with E-state index in [1.165, 1.54) is 6.42 Å². The number of amides is 1. The highest BCUT2D eigenvalue weighted by Gasteiger charge is 2.16. The number of nitrogens with one attached hydrogen (secondary N) is 2. The van der Waals surface area contributed by atoms with Gasteiger partial charge in [-0.05, 0) is 67.6 Å². The Morgan fingerprint density at radius 1 is 0.964 bits per heavy atom. The number of rotatable bonds is 6. The summed E-state index contributed by atoms with van der Waals surface area (Å²) in [7, 11) is -3.58. The maximum atomic E-state index is 12.5. The number of hydrazine groups is 1. The Morgan fingerprint density at radius 3 is 2.29 bits per heavy atom. The molecule has 1 aliphatic rings. The average molecular weight is 402 g/mol. The molecule has 2 N–H and O–H groups in total. The fourth-order valence-electron chi connectivity index (χ4n) is 3.13. The first kappa shape index (κ1) is 20.5. The van der Waals surface area contributed by atoms with Gasteiger partial charge in [-0.1, -0.05) is 24.6 Å². The Balaban J connectivity index is 1.59. The first-order valence-electron chi connectivity index (χ1n) is 9.57. The zero-order valence-corrected chi connectivity index (χ0v) is 17.2. The number of carbonyl (C=O) groups is 1. The predicted octanol–water partition coefficient (Wildman–Crippen LogP) is 2.91. The van der Waals surface area contributed by atoms with Crippen LogP contribution in [0.3, 0.4) is 0 Å². The Morgan fingerprint density at radius 2 is 1.64 bits per heavy atom. The Kier molecular flexibility index (Phi) is 6.49. The molecule has 0 atom stereocenters. The van der Waals surface area contributed by atoms with Gasteiger partial charge in [0.1, 0.15) is 0 Å². The number of sulfonamides is 1. The molecule has 1 saturated heterocycles. The molecule has 0 saturated carbocycles. The van der Waals surface area contributed by atoms with E-state index >= 15 is 0 Å². The number of carbonyl (C=O) groups excluding carboxylic acids is 1. The predicted molar refractivity (Wildman–Crippen MR) is 109 cm³/mol. The van der Waals surface area contributed by atoms with Crippen molar-refractivity contribution in [2.24, 2.45) is 0 Å². The van der Waals surface area contributed by atoms with Gasteiger partial charge in [-0.3, -0.25) is 10.2 Å². The molecule has 0 unspecified atom stereocenters. The van der Waals surface area contributed by atoms with Crippen molar-refractivity contribution in [3.05, 3.63) is 64.7 Å². The fourth-order valence-corrected chi connectivity index (χ4v) is 4.23. The minimum atomic E-state index is -3.58. The summed E-state index contributed by atoms with van der Waals surface area (Å²) in [5.74, 6) is -0.135. The monoisotopic (exact) mass is 401 g/mol. The second-order valence-electron chi connectivity index (χ2n) is 7.26. The number of hydrogen-bond acceptors (Lipinski definition) is 4. The molecule has 1 amide bonds. The molecule has 2 aromatic carbocycles. The van der Waals surface area contributed by atoms with Gasteiger partial charge in [0.05, 0.1) is 4.90 Å². The van der Waals surface area contributed by atoms with Crippen molar-refractivity contribution < 1.29 is 13.2 Å². The van der Waals surface area contributed by atoms with Crippen molar-refractivity contribution in [2.75, 3.05) is 13.1 Å². The summed E-state index contributed by atoms with van der Waals surface area (Å²) < 4.78 is 27.6. The van der Waals surface area contributed by atoms with Crippen LogP contribution in [0.1, 0.15) is 46.3 Å². The van der Waals surface area contributed by atoms with Crippen molar-refractivity contribution in [1.29, 1.82) is 0 Å². The summed E-state index contributed by atoms with van der Waals surface area (Å²) in [6.07, 6.45) is 3.40. The molecule has 1 aliphatic heterocycles. The van der Waals surface area contributed by atoms with Crippen LogP contribution in [0.25, 0.3) is 0 Å². The number of piperidine rings is 1. The number of nitrogens with zero attached hydrogens (tertiary/aromatic N) is 1. The van der Waals surface area contributed by atoms with Gasteiger partial charge in [0.15, 0.2) is 0 Å². The molecule has 28 heavy (non-hydrogen) atoms. The summed E-state index contributed by atoms with van der Waals surface area (Å²) in [5.41, 5.74) is 6.27. The Hall–Kier alpha value is -2.22. The van der Waals surface area contributed by atoms with Gasteiger partial charge in [-0.2, -0.15) is 0 Å². The van der Waals surface area contributed by atoms with E-state index in [1.807, 2.05) is 18.9 Å². The third-order valence-corrected chi connectivity index (χ3v) is 6.49. The molecule has 2 aromatic rings. The van der Waals surface area contributed by atoms with Crippen molar-refractivity contribution in [1.82, 2.24) is 15.2 Å². The SMILES string of the molecule is Cc1ccc(S(=O)(=O)NCc2ccc(C(=O)NN3CCCCC3)cc2)cc1C. The van der Waals surface area contributed by atoms with Crippen LogP contribution < -0.4 is 10.1 Å². The molecule has 0 bridgehead atoms. The van der Waals surface area contributed by atoms with E-state index in [0.717, 1.165) is 42.6 Å². The molecule has 0 aliphatic carbocycles. The van der Waals surface area contributed by atoms with E-state index in [1.54, 1.807) is 42.5 Å². The summed E-state index contributed by atoms with van der Waals surface area (Å²) in [4.78, 5) is 12.6. The number of benzene rings is 2. The van der Waals surface area contributed by atoms with Gasteiger partial charge < -0.3 is 0 Å². The van der Waals surface area contributed by atoms with E-state index in [9.17, 15) is 13.2 Å². The van der Waals surface area contributed by atoms with Gasteiger partial charge in [0, 0.05) is 25.2 Å². The highest BCUT2D eigenvalue weighted by atomic mass is 32.2. The van der Waals surface area contributed by atoms with Crippen LogP contribution >= 0.6 is 0 Å². The highest BCUT2D eigenvalue weighted by Crippen LogP contribution is 2.15. The zero-order chi connectivity index (χ0) is 20.1. The number of aryl methyl sites for hydroxylation is 2. The van der Waals surface area contributed by atoms with Gasteiger partial charge in [0.25, 0.3) is 5.91 Å². The van der Waals surface area contributed by atoms with Crippen LogP contribution in [0.5, 0.6) is 0 Å². The Labute approximate surface area is 167 Å². The molecular formula is C21H27N3O3S. The van der Waals surface area contributed by atoms with Crippen molar-refractivity contribution in [3.8, 4) is 0 Å². The maximum absolute atomic E-state index is 12.5. The van der Waals surface area contributed by atoms with Crippen LogP contribution in [-0.2, 0) is 16.6 Å².